The molecular formula is C46H29N3O. The Kier molecular flexibility index (Phi) is 6.36. The second kappa shape index (κ2) is 11.2. The molecule has 1 aliphatic heterocycles. The number of nitrogens with zero attached hydrogens (tertiary/aromatic N) is 3. The average Bonchev–Trinajstić information content (AvgIpc) is 3.49. The molecule has 0 atom stereocenters. The van der Waals surface area contributed by atoms with Crippen molar-refractivity contribution in [2.24, 2.45) is 0 Å². The van der Waals surface area contributed by atoms with E-state index in [1.54, 1.807) is 0 Å². The molecule has 4 heteroatoms. The van der Waals surface area contributed by atoms with Crippen LogP contribution in [0.1, 0.15) is 22.3 Å². The van der Waals surface area contributed by atoms with E-state index in [9.17, 15) is 0 Å². The first-order chi connectivity index (χ1) is 24.8. The predicted molar refractivity (Wildman–Crippen MR) is 199 cm³/mol. The van der Waals surface area contributed by atoms with E-state index in [1.807, 2.05) is 36.4 Å². The summed E-state index contributed by atoms with van der Waals surface area (Å²) < 4.78 is 6.55. The third kappa shape index (κ3) is 4.22. The van der Waals surface area contributed by atoms with Crippen molar-refractivity contribution in [1.29, 1.82) is 0 Å². The Morgan fingerprint density at radius 3 is 1.54 bits per heavy atom. The topological polar surface area (TPSA) is 47.9 Å². The smallest absolute Gasteiger partial charge is 0.164 e. The lowest BCUT2D eigenvalue weighted by atomic mass is 9.66. The number of hydrogen-bond donors (Lipinski definition) is 0. The third-order valence-corrected chi connectivity index (χ3v) is 10.0. The molecule has 1 aliphatic carbocycles. The van der Waals surface area contributed by atoms with Gasteiger partial charge in [0, 0.05) is 27.8 Å². The summed E-state index contributed by atoms with van der Waals surface area (Å²) in [5.41, 5.74) is 11.5. The van der Waals surface area contributed by atoms with E-state index in [1.165, 1.54) is 16.7 Å². The predicted octanol–water partition coefficient (Wildman–Crippen LogP) is 11.0. The zero-order chi connectivity index (χ0) is 33.1. The number of aromatic nitrogens is 3. The van der Waals surface area contributed by atoms with Gasteiger partial charge in [0.25, 0.3) is 0 Å². The molecule has 50 heavy (non-hydrogen) atoms. The quantitative estimate of drug-likeness (QED) is 0.192. The standard InChI is InChI=1S/C46H29N3O/c1-3-15-30(16-4-1)32-19-13-20-33(29-32)44-47-43(31-17-5-2-6-18-31)48-45(49-44)35-22-14-26-39-42(35)34-21-7-8-23-36(34)46(39)37-24-9-11-27-40(37)50-41-28-12-10-25-38(41)46/h1-29H. The molecule has 0 bridgehead atoms. The molecule has 8 aromatic rings. The van der Waals surface area contributed by atoms with E-state index in [0.717, 1.165) is 56.0 Å². The fourth-order valence-corrected chi connectivity index (χ4v) is 7.90. The zero-order valence-corrected chi connectivity index (χ0v) is 27.0. The van der Waals surface area contributed by atoms with E-state index in [-0.39, 0.29) is 0 Å². The zero-order valence-electron chi connectivity index (χ0n) is 27.0. The van der Waals surface area contributed by atoms with Crippen LogP contribution >= 0.6 is 0 Å². The van der Waals surface area contributed by atoms with E-state index < -0.39 is 5.41 Å². The van der Waals surface area contributed by atoms with E-state index in [4.69, 9.17) is 19.7 Å². The molecule has 10 rings (SSSR count). The molecule has 234 valence electrons. The summed E-state index contributed by atoms with van der Waals surface area (Å²) in [6, 6.07) is 61.2. The first-order valence-electron chi connectivity index (χ1n) is 16.9. The molecule has 2 aliphatic rings. The second-order valence-electron chi connectivity index (χ2n) is 12.7. The van der Waals surface area contributed by atoms with Gasteiger partial charge in [0.2, 0.25) is 0 Å². The van der Waals surface area contributed by atoms with Gasteiger partial charge < -0.3 is 4.74 Å². The normalized spacial score (nSPS) is 13.1. The summed E-state index contributed by atoms with van der Waals surface area (Å²) in [6.45, 7) is 0. The molecule has 0 radical (unpaired) electrons. The van der Waals surface area contributed by atoms with Crippen molar-refractivity contribution in [2.75, 3.05) is 0 Å². The summed E-state index contributed by atoms with van der Waals surface area (Å²) in [4.78, 5) is 15.5. The van der Waals surface area contributed by atoms with Gasteiger partial charge in [-0.05, 0) is 51.6 Å². The fraction of sp³-hybridized carbons (Fsp3) is 0.0217. The van der Waals surface area contributed by atoms with Crippen molar-refractivity contribution in [3.8, 4) is 67.9 Å². The number of para-hydroxylation sites is 2. The van der Waals surface area contributed by atoms with Gasteiger partial charge in [0.05, 0.1) is 5.41 Å². The van der Waals surface area contributed by atoms with Gasteiger partial charge in [-0.3, -0.25) is 0 Å². The summed E-state index contributed by atoms with van der Waals surface area (Å²) in [7, 11) is 0. The molecule has 1 aromatic heterocycles. The van der Waals surface area contributed by atoms with Crippen LogP contribution < -0.4 is 4.74 Å². The van der Waals surface area contributed by atoms with Crippen molar-refractivity contribution in [3.63, 3.8) is 0 Å². The maximum atomic E-state index is 6.55. The van der Waals surface area contributed by atoms with Crippen LogP contribution in [-0.4, -0.2) is 15.0 Å². The second-order valence-corrected chi connectivity index (χ2v) is 12.7. The highest BCUT2D eigenvalue weighted by Gasteiger charge is 2.51. The van der Waals surface area contributed by atoms with Gasteiger partial charge in [0.1, 0.15) is 11.5 Å². The van der Waals surface area contributed by atoms with E-state index in [2.05, 4.69) is 140 Å². The molecular weight excluding hydrogens is 611 g/mol. The minimum atomic E-state index is -0.574. The highest BCUT2D eigenvalue weighted by Crippen LogP contribution is 2.63. The van der Waals surface area contributed by atoms with Crippen LogP contribution in [0.5, 0.6) is 11.5 Å². The van der Waals surface area contributed by atoms with Crippen LogP contribution in [-0.2, 0) is 5.41 Å². The third-order valence-electron chi connectivity index (χ3n) is 10.0. The number of rotatable bonds is 4. The molecule has 0 saturated heterocycles. The van der Waals surface area contributed by atoms with Crippen molar-refractivity contribution in [1.82, 2.24) is 15.0 Å². The minimum Gasteiger partial charge on any atom is -0.457 e. The van der Waals surface area contributed by atoms with Crippen LogP contribution in [0.25, 0.3) is 56.4 Å². The van der Waals surface area contributed by atoms with Gasteiger partial charge in [0.15, 0.2) is 17.5 Å². The SMILES string of the molecule is c1ccc(-c2cccc(-c3nc(-c4ccccc4)nc(-c4cccc5c4-c4ccccc4C54c5ccccc5Oc5ccccc54)n3)c2)cc1. The molecule has 0 saturated carbocycles. The van der Waals surface area contributed by atoms with Crippen LogP contribution in [0, 0.1) is 0 Å². The summed E-state index contributed by atoms with van der Waals surface area (Å²) in [6.07, 6.45) is 0. The van der Waals surface area contributed by atoms with Gasteiger partial charge in [-0.15, -0.1) is 0 Å². The molecule has 2 heterocycles. The Bertz CT molecular complexity index is 2530. The maximum absolute atomic E-state index is 6.55. The number of fused-ring (bicyclic) bond motifs is 9. The summed E-state index contributed by atoms with van der Waals surface area (Å²) >= 11 is 0. The van der Waals surface area contributed by atoms with Gasteiger partial charge in [-0.25, -0.2) is 15.0 Å². The first-order valence-corrected chi connectivity index (χ1v) is 16.9. The Morgan fingerprint density at radius 1 is 0.340 bits per heavy atom. The largest absolute Gasteiger partial charge is 0.457 e. The number of benzene rings is 7. The Hall–Kier alpha value is -6.65. The van der Waals surface area contributed by atoms with Crippen molar-refractivity contribution >= 4 is 0 Å². The molecule has 0 amide bonds. The van der Waals surface area contributed by atoms with Gasteiger partial charge >= 0.3 is 0 Å². The van der Waals surface area contributed by atoms with E-state index in [0.29, 0.717) is 17.5 Å². The minimum absolute atomic E-state index is 0.574. The first kappa shape index (κ1) is 28.4. The maximum Gasteiger partial charge on any atom is 0.164 e. The summed E-state index contributed by atoms with van der Waals surface area (Å²) in [5.74, 6) is 3.64. The Morgan fingerprint density at radius 2 is 0.820 bits per heavy atom. The van der Waals surface area contributed by atoms with Crippen molar-refractivity contribution < 1.29 is 4.74 Å². The molecule has 7 aromatic carbocycles. The van der Waals surface area contributed by atoms with Crippen LogP contribution in [0.4, 0.5) is 0 Å². The molecule has 0 N–H and O–H groups in total. The van der Waals surface area contributed by atoms with E-state index >= 15 is 0 Å². The molecule has 0 fully saturated rings. The number of hydrogen-bond acceptors (Lipinski definition) is 4. The summed E-state index contributed by atoms with van der Waals surface area (Å²) in [5, 5.41) is 0. The lowest BCUT2D eigenvalue weighted by Gasteiger charge is -2.39. The highest BCUT2D eigenvalue weighted by atomic mass is 16.5. The monoisotopic (exact) mass is 639 g/mol. The molecule has 4 nitrogen and oxygen atoms in total. The molecule has 1 spiro atoms. The van der Waals surface area contributed by atoms with Crippen LogP contribution in [0.2, 0.25) is 0 Å². The highest BCUT2D eigenvalue weighted by molar-refractivity contribution is 5.95. The lowest BCUT2D eigenvalue weighted by molar-refractivity contribution is 0.436. The fourth-order valence-electron chi connectivity index (χ4n) is 7.90. The van der Waals surface area contributed by atoms with Gasteiger partial charge in [-0.2, -0.15) is 0 Å². The Balaban J connectivity index is 1.25. The Labute approximate surface area is 290 Å². The number of ether oxygens (including phenoxy) is 1. The van der Waals surface area contributed by atoms with Crippen molar-refractivity contribution in [3.05, 3.63) is 198 Å². The van der Waals surface area contributed by atoms with Gasteiger partial charge in [-0.1, -0.05) is 158 Å². The average molecular weight is 640 g/mol. The van der Waals surface area contributed by atoms with Crippen molar-refractivity contribution in [2.45, 2.75) is 5.41 Å². The van der Waals surface area contributed by atoms with Crippen LogP contribution in [0.15, 0.2) is 176 Å². The lowest BCUT2D eigenvalue weighted by Crippen LogP contribution is -2.32. The van der Waals surface area contributed by atoms with Crippen LogP contribution in [0.3, 0.4) is 0 Å². The molecule has 0 unspecified atom stereocenters.